The summed E-state index contributed by atoms with van der Waals surface area (Å²) in [7, 11) is 0. The molecule has 1 saturated heterocycles. The van der Waals surface area contributed by atoms with Crippen molar-refractivity contribution in [3.05, 3.63) is 71.8 Å². The Bertz CT molecular complexity index is 602. The predicted molar refractivity (Wildman–Crippen MR) is 94.1 cm³/mol. The molecule has 1 aliphatic heterocycles. The van der Waals surface area contributed by atoms with Gasteiger partial charge in [0.1, 0.15) is 0 Å². The average Bonchev–Trinajstić information content (AvgIpc) is 2.59. The van der Waals surface area contributed by atoms with E-state index in [-0.39, 0.29) is 12.1 Å². The number of aliphatic hydroxyl groups excluding tert-OH is 1. The smallest absolute Gasteiger partial charge is 0.0625 e. The van der Waals surface area contributed by atoms with E-state index in [1.807, 2.05) is 6.07 Å². The van der Waals surface area contributed by atoms with Crippen molar-refractivity contribution in [2.45, 2.75) is 25.6 Å². The number of aliphatic hydroxyl groups is 1. The number of nitrogens with zero attached hydrogens (tertiary/aromatic N) is 2. The van der Waals surface area contributed by atoms with Crippen LogP contribution in [0.2, 0.25) is 0 Å². The molecule has 2 aromatic carbocycles. The average molecular weight is 310 g/mol. The van der Waals surface area contributed by atoms with E-state index < -0.39 is 0 Å². The lowest BCUT2D eigenvalue weighted by Crippen LogP contribution is -2.61. The minimum absolute atomic E-state index is 0.186. The van der Waals surface area contributed by atoms with Gasteiger partial charge in [0.2, 0.25) is 0 Å². The number of piperazine rings is 1. The molecule has 0 radical (unpaired) electrons. The van der Waals surface area contributed by atoms with Gasteiger partial charge in [0.15, 0.2) is 0 Å². The number of benzene rings is 2. The molecule has 1 aliphatic rings. The minimum atomic E-state index is -0.192. The van der Waals surface area contributed by atoms with Crippen molar-refractivity contribution in [2.75, 3.05) is 26.2 Å². The summed E-state index contributed by atoms with van der Waals surface area (Å²) >= 11 is 0. The highest BCUT2D eigenvalue weighted by molar-refractivity contribution is 5.16. The standard InChI is InChI=1S/C20H26N2O/c1-20(17-23)16-21(14-18-8-4-2-5-9-18)12-13-22(20)15-19-10-6-3-7-11-19/h2-11,23H,12-17H2,1H3. The molecule has 1 heterocycles. The molecule has 3 heteroatoms. The third kappa shape index (κ3) is 3.99. The third-order valence-electron chi connectivity index (χ3n) is 4.82. The lowest BCUT2D eigenvalue weighted by Gasteiger charge is -2.48. The van der Waals surface area contributed by atoms with Gasteiger partial charge in [0, 0.05) is 32.7 Å². The van der Waals surface area contributed by atoms with Crippen LogP contribution in [0.3, 0.4) is 0 Å². The van der Waals surface area contributed by atoms with Crippen LogP contribution in [0.15, 0.2) is 60.7 Å². The van der Waals surface area contributed by atoms with Crippen LogP contribution in [-0.4, -0.2) is 46.7 Å². The second-order valence-corrected chi connectivity index (χ2v) is 6.76. The van der Waals surface area contributed by atoms with E-state index in [1.165, 1.54) is 11.1 Å². The van der Waals surface area contributed by atoms with E-state index >= 15 is 0 Å². The Balaban J connectivity index is 1.66. The van der Waals surface area contributed by atoms with E-state index in [4.69, 9.17) is 0 Å². The first kappa shape index (κ1) is 16.2. The highest BCUT2D eigenvalue weighted by atomic mass is 16.3. The van der Waals surface area contributed by atoms with Crippen LogP contribution in [0.1, 0.15) is 18.1 Å². The van der Waals surface area contributed by atoms with E-state index in [2.05, 4.69) is 71.3 Å². The molecule has 0 bridgehead atoms. The maximum Gasteiger partial charge on any atom is 0.0625 e. The third-order valence-corrected chi connectivity index (χ3v) is 4.82. The van der Waals surface area contributed by atoms with Gasteiger partial charge in [-0.15, -0.1) is 0 Å². The van der Waals surface area contributed by atoms with Crippen LogP contribution < -0.4 is 0 Å². The Morgan fingerprint density at radius 2 is 1.43 bits per heavy atom. The molecule has 1 fully saturated rings. The van der Waals surface area contributed by atoms with Gasteiger partial charge in [-0.3, -0.25) is 9.80 Å². The zero-order valence-corrected chi connectivity index (χ0v) is 13.9. The molecule has 0 aromatic heterocycles. The highest BCUT2D eigenvalue weighted by Crippen LogP contribution is 2.24. The van der Waals surface area contributed by atoms with Gasteiger partial charge in [0.05, 0.1) is 12.1 Å². The summed E-state index contributed by atoms with van der Waals surface area (Å²) in [6.07, 6.45) is 0. The van der Waals surface area contributed by atoms with Crippen LogP contribution >= 0.6 is 0 Å². The summed E-state index contributed by atoms with van der Waals surface area (Å²) < 4.78 is 0. The van der Waals surface area contributed by atoms with E-state index in [9.17, 15) is 5.11 Å². The number of rotatable bonds is 5. The van der Waals surface area contributed by atoms with Gasteiger partial charge in [-0.05, 0) is 18.1 Å². The summed E-state index contributed by atoms with van der Waals surface area (Å²) in [5.74, 6) is 0. The first-order valence-corrected chi connectivity index (χ1v) is 8.36. The molecule has 0 saturated carbocycles. The van der Waals surface area contributed by atoms with Crippen molar-refractivity contribution in [1.29, 1.82) is 0 Å². The fourth-order valence-electron chi connectivity index (χ4n) is 3.39. The van der Waals surface area contributed by atoms with Crippen LogP contribution in [-0.2, 0) is 13.1 Å². The first-order chi connectivity index (χ1) is 11.2. The summed E-state index contributed by atoms with van der Waals surface area (Å²) in [6, 6.07) is 21.1. The summed E-state index contributed by atoms with van der Waals surface area (Å²) in [6.45, 7) is 7.13. The molecule has 0 aliphatic carbocycles. The molecule has 122 valence electrons. The molecule has 1 N–H and O–H groups in total. The van der Waals surface area contributed by atoms with Crippen LogP contribution in [0, 0.1) is 0 Å². The second kappa shape index (κ2) is 7.26. The molecule has 1 unspecified atom stereocenters. The molecule has 3 rings (SSSR count). The lowest BCUT2D eigenvalue weighted by molar-refractivity contribution is -0.0338. The van der Waals surface area contributed by atoms with Crippen molar-refractivity contribution in [1.82, 2.24) is 9.80 Å². The van der Waals surface area contributed by atoms with Crippen molar-refractivity contribution in [2.24, 2.45) is 0 Å². The second-order valence-electron chi connectivity index (χ2n) is 6.76. The van der Waals surface area contributed by atoms with E-state index in [0.717, 1.165) is 32.7 Å². The molecule has 1 atom stereocenters. The van der Waals surface area contributed by atoms with Gasteiger partial charge < -0.3 is 5.11 Å². The highest BCUT2D eigenvalue weighted by Gasteiger charge is 2.37. The lowest BCUT2D eigenvalue weighted by atomic mass is 9.95. The summed E-state index contributed by atoms with van der Waals surface area (Å²) in [5, 5.41) is 10.0. The monoisotopic (exact) mass is 310 g/mol. The Labute approximate surface area is 139 Å². The SMILES string of the molecule is CC1(CO)CN(Cc2ccccc2)CCN1Cc1ccccc1. The number of hydrogen-bond donors (Lipinski definition) is 1. The van der Waals surface area contributed by atoms with Crippen LogP contribution in [0.4, 0.5) is 0 Å². The maximum atomic E-state index is 10.0. The molecule has 23 heavy (non-hydrogen) atoms. The molecule has 0 spiro atoms. The minimum Gasteiger partial charge on any atom is -0.394 e. The van der Waals surface area contributed by atoms with Gasteiger partial charge in [-0.25, -0.2) is 0 Å². The fourth-order valence-corrected chi connectivity index (χ4v) is 3.39. The van der Waals surface area contributed by atoms with Crippen LogP contribution in [0.25, 0.3) is 0 Å². The van der Waals surface area contributed by atoms with Crippen LogP contribution in [0.5, 0.6) is 0 Å². The quantitative estimate of drug-likeness (QED) is 0.920. The molecule has 0 amide bonds. The zero-order valence-electron chi connectivity index (χ0n) is 13.9. The van der Waals surface area contributed by atoms with Gasteiger partial charge in [-0.2, -0.15) is 0 Å². The Hall–Kier alpha value is -1.68. The largest absolute Gasteiger partial charge is 0.394 e. The molecule has 3 nitrogen and oxygen atoms in total. The molecular formula is C20H26N2O. The Morgan fingerprint density at radius 3 is 2.00 bits per heavy atom. The number of hydrogen-bond acceptors (Lipinski definition) is 3. The van der Waals surface area contributed by atoms with Gasteiger partial charge in [0.25, 0.3) is 0 Å². The Kier molecular flexibility index (Phi) is 5.11. The summed E-state index contributed by atoms with van der Waals surface area (Å²) in [4.78, 5) is 4.87. The topological polar surface area (TPSA) is 26.7 Å². The molecule has 2 aromatic rings. The van der Waals surface area contributed by atoms with Gasteiger partial charge >= 0.3 is 0 Å². The Morgan fingerprint density at radius 1 is 0.870 bits per heavy atom. The first-order valence-electron chi connectivity index (χ1n) is 8.36. The maximum absolute atomic E-state index is 10.0. The van der Waals surface area contributed by atoms with Crippen molar-refractivity contribution >= 4 is 0 Å². The predicted octanol–water partition coefficient (Wildman–Crippen LogP) is 2.76. The normalized spacial score (nSPS) is 23.0. The van der Waals surface area contributed by atoms with Crippen molar-refractivity contribution < 1.29 is 5.11 Å². The molecular weight excluding hydrogens is 284 g/mol. The van der Waals surface area contributed by atoms with Crippen molar-refractivity contribution in [3.8, 4) is 0 Å². The zero-order chi connectivity index (χ0) is 16.1. The van der Waals surface area contributed by atoms with E-state index in [0.29, 0.717) is 0 Å². The van der Waals surface area contributed by atoms with Gasteiger partial charge in [-0.1, -0.05) is 60.7 Å². The fraction of sp³-hybridized carbons (Fsp3) is 0.400. The van der Waals surface area contributed by atoms with Crippen molar-refractivity contribution in [3.63, 3.8) is 0 Å². The van der Waals surface area contributed by atoms with E-state index in [1.54, 1.807) is 0 Å². The summed E-state index contributed by atoms with van der Waals surface area (Å²) in [5.41, 5.74) is 2.45.